The van der Waals surface area contributed by atoms with Crippen LogP contribution in [0.2, 0.25) is 0 Å². The van der Waals surface area contributed by atoms with Crippen LogP contribution in [0.1, 0.15) is 34.6 Å². The van der Waals surface area contributed by atoms with E-state index in [1.807, 2.05) is 19.9 Å². The van der Waals surface area contributed by atoms with Gasteiger partial charge in [-0.1, -0.05) is 0 Å². The molecule has 0 aliphatic carbocycles. The summed E-state index contributed by atoms with van der Waals surface area (Å²) in [6.07, 6.45) is 0.320. The van der Waals surface area contributed by atoms with Crippen LogP contribution in [0, 0.1) is 13.8 Å². The highest BCUT2D eigenvalue weighted by Crippen LogP contribution is 2.12. The number of ether oxygens (including phenoxy) is 1. The largest absolute Gasteiger partial charge is 0.469 e. The van der Waals surface area contributed by atoms with Gasteiger partial charge < -0.3 is 9.72 Å². The molecule has 4 nitrogen and oxygen atoms in total. The Labute approximate surface area is 88.6 Å². The molecule has 0 radical (unpaired) electrons. The van der Waals surface area contributed by atoms with Crippen LogP contribution >= 0.6 is 0 Å². The van der Waals surface area contributed by atoms with E-state index in [1.54, 1.807) is 0 Å². The van der Waals surface area contributed by atoms with Crippen LogP contribution in [0.4, 0.5) is 0 Å². The number of rotatable bonds is 4. The number of esters is 1. The maximum absolute atomic E-state index is 11.7. The number of H-pyrrole nitrogens is 1. The molecule has 1 aromatic rings. The van der Waals surface area contributed by atoms with Gasteiger partial charge in [-0.25, -0.2) is 0 Å². The number of aromatic nitrogens is 1. The van der Waals surface area contributed by atoms with Crippen LogP contribution in [-0.2, 0) is 9.53 Å². The molecular formula is C11H15NO3. The first-order valence-corrected chi connectivity index (χ1v) is 4.81. The molecule has 0 aromatic carbocycles. The van der Waals surface area contributed by atoms with Crippen molar-refractivity contribution in [2.24, 2.45) is 0 Å². The lowest BCUT2D eigenvalue weighted by atomic mass is 10.1. The number of aryl methyl sites for hydroxylation is 2. The average molecular weight is 209 g/mol. The third-order valence-corrected chi connectivity index (χ3v) is 2.21. The fraction of sp³-hybridized carbons (Fsp3) is 0.455. The molecule has 0 bridgehead atoms. The molecule has 0 atom stereocenters. The summed E-state index contributed by atoms with van der Waals surface area (Å²) in [6, 6.07) is 1.91. The van der Waals surface area contributed by atoms with E-state index in [1.165, 1.54) is 7.11 Å². The molecule has 1 aromatic heterocycles. The summed E-state index contributed by atoms with van der Waals surface area (Å²) < 4.78 is 4.47. The number of aromatic amines is 1. The maximum Gasteiger partial charge on any atom is 0.305 e. The second kappa shape index (κ2) is 4.77. The molecule has 0 aliphatic heterocycles. The first kappa shape index (κ1) is 11.5. The number of hydrogen-bond donors (Lipinski definition) is 1. The van der Waals surface area contributed by atoms with Gasteiger partial charge in [0.15, 0.2) is 5.78 Å². The van der Waals surface area contributed by atoms with Crippen molar-refractivity contribution >= 4 is 11.8 Å². The lowest BCUT2D eigenvalue weighted by molar-refractivity contribution is -0.140. The van der Waals surface area contributed by atoms with Gasteiger partial charge in [-0.2, -0.15) is 0 Å². The summed E-state index contributed by atoms with van der Waals surface area (Å²) in [4.78, 5) is 25.5. The monoisotopic (exact) mass is 209 g/mol. The van der Waals surface area contributed by atoms with Gasteiger partial charge in [-0.3, -0.25) is 9.59 Å². The fourth-order valence-corrected chi connectivity index (χ4v) is 1.46. The minimum absolute atomic E-state index is 0.0500. The Morgan fingerprint density at radius 2 is 2.00 bits per heavy atom. The smallest absolute Gasteiger partial charge is 0.305 e. The van der Waals surface area contributed by atoms with E-state index in [0.29, 0.717) is 5.69 Å². The van der Waals surface area contributed by atoms with Crippen molar-refractivity contribution in [3.8, 4) is 0 Å². The third-order valence-electron chi connectivity index (χ3n) is 2.21. The van der Waals surface area contributed by atoms with Crippen molar-refractivity contribution in [3.05, 3.63) is 23.0 Å². The molecule has 0 aliphatic rings. The van der Waals surface area contributed by atoms with E-state index in [0.717, 1.165) is 11.3 Å². The zero-order valence-electron chi connectivity index (χ0n) is 9.22. The van der Waals surface area contributed by atoms with Crippen molar-refractivity contribution in [3.63, 3.8) is 0 Å². The van der Waals surface area contributed by atoms with Crippen molar-refractivity contribution in [1.82, 2.24) is 4.98 Å². The second-order valence-corrected chi connectivity index (χ2v) is 3.51. The first-order chi connectivity index (χ1) is 7.04. The summed E-state index contributed by atoms with van der Waals surface area (Å²) in [7, 11) is 1.32. The molecule has 0 amide bonds. The summed E-state index contributed by atoms with van der Waals surface area (Å²) in [5.41, 5.74) is 2.47. The van der Waals surface area contributed by atoms with E-state index in [-0.39, 0.29) is 24.6 Å². The van der Waals surface area contributed by atoms with Gasteiger partial charge >= 0.3 is 5.97 Å². The molecule has 15 heavy (non-hydrogen) atoms. The van der Waals surface area contributed by atoms with E-state index in [4.69, 9.17) is 0 Å². The van der Waals surface area contributed by atoms with Gasteiger partial charge in [0, 0.05) is 12.1 Å². The van der Waals surface area contributed by atoms with E-state index in [9.17, 15) is 9.59 Å². The number of hydrogen-bond acceptors (Lipinski definition) is 3. The zero-order valence-corrected chi connectivity index (χ0v) is 9.22. The maximum atomic E-state index is 11.7. The predicted octanol–water partition coefficient (Wildman–Crippen LogP) is 1.77. The van der Waals surface area contributed by atoms with Crippen molar-refractivity contribution in [2.45, 2.75) is 26.7 Å². The highest BCUT2D eigenvalue weighted by atomic mass is 16.5. The van der Waals surface area contributed by atoms with Gasteiger partial charge in [-0.05, 0) is 25.5 Å². The Kier molecular flexibility index (Phi) is 3.66. The van der Waals surface area contributed by atoms with Crippen LogP contribution in [0.25, 0.3) is 0 Å². The lowest BCUT2D eigenvalue weighted by Crippen LogP contribution is -2.07. The Bertz CT molecular complexity index is 379. The van der Waals surface area contributed by atoms with Gasteiger partial charge in [-0.15, -0.1) is 0 Å². The Hall–Kier alpha value is -1.58. The Morgan fingerprint density at radius 3 is 2.47 bits per heavy atom. The topological polar surface area (TPSA) is 59.2 Å². The van der Waals surface area contributed by atoms with Crippen molar-refractivity contribution in [1.29, 1.82) is 0 Å². The number of methoxy groups -OCH3 is 1. The number of nitrogens with one attached hydrogen (secondary N) is 1. The molecular weight excluding hydrogens is 194 g/mol. The summed E-state index contributed by atoms with van der Waals surface area (Å²) in [5, 5.41) is 0. The summed E-state index contributed by atoms with van der Waals surface area (Å²) in [6.45, 7) is 3.76. The molecule has 0 spiro atoms. The number of carbonyl (C=O) groups is 2. The predicted molar refractivity (Wildman–Crippen MR) is 55.8 cm³/mol. The van der Waals surface area contributed by atoms with E-state index in [2.05, 4.69) is 9.72 Å². The first-order valence-electron chi connectivity index (χ1n) is 4.81. The van der Waals surface area contributed by atoms with Gasteiger partial charge in [0.2, 0.25) is 0 Å². The minimum atomic E-state index is -0.357. The van der Waals surface area contributed by atoms with Gasteiger partial charge in [0.05, 0.1) is 19.2 Å². The molecule has 0 unspecified atom stereocenters. The zero-order chi connectivity index (χ0) is 11.4. The molecule has 1 rings (SSSR count). The van der Waals surface area contributed by atoms with Crippen LogP contribution in [-0.4, -0.2) is 23.8 Å². The van der Waals surface area contributed by atoms with Crippen LogP contribution in [0.15, 0.2) is 6.07 Å². The minimum Gasteiger partial charge on any atom is -0.469 e. The van der Waals surface area contributed by atoms with Crippen LogP contribution in [0.3, 0.4) is 0 Å². The second-order valence-electron chi connectivity index (χ2n) is 3.51. The number of Topliss-reactive ketones (excluding diaryl/α,β-unsaturated/α-hetero) is 1. The van der Waals surface area contributed by atoms with Crippen LogP contribution < -0.4 is 0 Å². The van der Waals surface area contributed by atoms with Gasteiger partial charge in [0.25, 0.3) is 0 Å². The normalized spacial score (nSPS) is 10.1. The molecule has 0 saturated carbocycles. The van der Waals surface area contributed by atoms with Crippen molar-refractivity contribution < 1.29 is 14.3 Å². The standard InChI is InChI=1S/C11H15NO3/c1-7-6-8(2)12-11(7)9(13)4-5-10(14)15-3/h6,12H,4-5H2,1-3H3. The summed E-state index contributed by atoms with van der Waals surface area (Å²) in [5.74, 6) is -0.407. The fourth-order valence-electron chi connectivity index (χ4n) is 1.46. The van der Waals surface area contributed by atoms with Crippen molar-refractivity contribution in [2.75, 3.05) is 7.11 Å². The van der Waals surface area contributed by atoms with E-state index >= 15 is 0 Å². The SMILES string of the molecule is COC(=O)CCC(=O)c1[nH]c(C)cc1C. The molecule has 1 heterocycles. The third kappa shape index (κ3) is 2.94. The molecule has 82 valence electrons. The quantitative estimate of drug-likeness (QED) is 0.607. The molecule has 0 saturated heterocycles. The number of carbonyl (C=O) groups excluding carboxylic acids is 2. The molecule has 0 fully saturated rings. The Balaban J connectivity index is 2.61. The molecule has 4 heteroatoms. The highest BCUT2D eigenvalue weighted by Gasteiger charge is 2.13. The average Bonchev–Trinajstić information content (AvgIpc) is 2.53. The van der Waals surface area contributed by atoms with Crippen LogP contribution in [0.5, 0.6) is 0 Å². The van der Waals surface area contributed by atoms with Gasteiger partial charge in [0.1, 0.15) is 0 Å². The summed E-state index contributed by atoms with van der Waals surface area (Å²) >= 11 is 0. The van der Waals surface area contributed by atoms with E-state index < -0.39 is 0 Å². The highest BCUT2D eigenvalue weighted by molar-refractivity contribution is 5.97. The Morgan fingerprint density at radius 1 is 1.33 bits per heavy atom. The number of ketones is 1. The molecule has 1 N–H and O–H groups in total. The lowest BCUT2D eigenvalue weighted by Gasteiger charge is -1.99.